The molecule has 7 nitrogen and oxygen atoms in total. The lowest BCUT2D eigenvalue weighted by atomic mass is 9.87. The Morgan fingerprint density at radius 1 is 0.368 bits per heavy atom. The fourth-order valence-corrected chi connectivity index (χ4v) is 10.8. The summed E-state index contributed by atoms with van der Waals surface area (Å²) in [5.74, 6) is -0.820. The molecule has 0 radical (unpaired) electrons. The second-order valence-corrected chi connectivity index (χ2v) is 21.8. The Morgan fingerprint density at radius 2 is 0.724 bits per heavy atom. The van der Waals surface area contributed by atoms with Crippen LogP contribution in [0.15, 0.2) is 91.0 Å². The molecule has 1 unspecified atom stereocenters. The maximum Gasteiger partial charge on any atom is 0.306 e. The lowest BCUT2D eigenvalue weighted by molar-refractivity contribution is -0.167. The van der Waals surface area contributed by atoms with Gasteiger partial charge in [-0.1, -0.05) is 233 Å². The number of ketones is 1. The Hall–Kier alpha value is -5.04. The lowest BCUT2D eigenvalue weighted by Crippen LogP contribution is -2.30. The summed E-state index contributed by atoms with van der Waals surface area (Å²) in [4.78, 5) is 52.2. The molecule has 5 rings (SSSR count). The summed E-state index contributed by atoms with van der Waals surface area (Å²) >= 11 is 0. The molecule has 0 aliphatic heterocycles. The summed E-state index contributed by atoms with van der Waals surface area (Å²) in [6.45, 7) is 4.27. The molecular formula is C69H98O7. The van der Waals surface area contributed by atoms with Crippen LogP contribution < -0.4 is 0 Å². The van der Waals surface area contributed by atoms with Crippen LogP contribution in [0.3, 0.4) is 0 Å². The summed E-state index contributed by atoms with van der Waals surface area (Å²) in [5.41, 5.74) is 0.799. The van der Waals surface area contributed by atoms with E-state index in [9.17, 15) is 19.2 Å². The summed E-state index contributed by atoms with van der Waals surface area (Å²) < 4.78 is 16.9. The molecule has 7 heteroatoms. The van der Waals surface area contributed by atoms with Gasteiger partial charge in [-0.05, 0) is 120 Å². The molecule has 76 heavy (non-hydrogen) atoms. The minimum atomic E-state index is -0.832. The number of hydrogen-bond acceptors (Lipinski definition) is 7. The van der Waals surface area contributed by atoms with Gasteiger partial charge in [-0.15, -0.1) is 0 Å². The number of hydrogen-bond donors (Lipinski definition) is 0. The number of carbonyl (C=O) groups excluding carboxylic acids is 4. The standard InChI is InChI=1S/C69H98O7/c1-3-5-7-9-11-13-15-17-19-21-23-25-27-32-36-49-65(71)74-54-57(76-67(73)51-38-34-28-26-24-22-20-18-16-14-12-10-8-6-4-2)55-75-66(72)50-37-33-30-29-31-35-48-64(70)58-52-53-63-61-45-40-43-56-42-39-44-60(68(56)61)62-47-41-46-59(58)69(62)63/h17-20,39-47,52-53,57H,3-16,21-38,48-51,54-55H2,1-2H3. The fourth-order valence-electron chi connectivity index (χ4n) is 10.8. The number of Topliss-reactive ketones (excluding diaryl/α,β-unsaturated/α-hetero) is 1. The molecule has 0 amide bonds. The van der Waals surface area contributed by atoms with Gasteiger partial charge in [0, 0.05) is 31.2 Å². The quantitative estimate of drug-likeness (QED) is 0.00729. The van der Waals surface area contributed by atoms with Crippen molar-refractivity contribution in [2.24, 2.45) is 0 Å². The number of allylic oxidation sites excluding steroid dienone is 4. The number of benzene rings is 5. The summed E-state index contributed by atoms with van der Waals surface area (Å²) in [6, 6.07) is 23.5. The van der Waals surface area contributed by atoms with Gasteiger partial charge in [0.2, 0.25) is 0 Å². The van der Waals surface area contributed by atoms with E-state index >= 15 is 0 Å². The Balaban J connectivity index is 0.950. The molecule has 0 heterocycles. The van der Waals surface area contributed by atoms with E-state index in [-0.39, 0.29) is 49.7 Å². The molecule has 0 saturated carbocycles. The maximum atomic E-state index is 13.7. The minimum absolute atomic E-state index is 0.119. The average Bonchev–Trinajstić information content (AvgIpc) is 3.47. The van der Waals surface area contributed by atoms with E-state index in [1.807, 2.05) is 6.07 Å². The minimum Gasteiger partial charge on any atom is -0.462 e. The molecule has 5 aromatic carbocycles. The predicted molar refractivity (Wildman–Crippen MR) is 320 cm³/mol. The third-order valence-corrected chi connectivity index (χ3v) is 15.3. The summed E-state index contributed by atoms with van der Waals surface area (Å²) in [7, 11) is 0. The predicted octanol–water partition coefficient (Wildman–Crippen LogP) is 20.1. The van der Waals surface area contributed by atoms with Crippen LogP contribution in [0.1, 0.15) is 255 Å². The molecule has 0 fully saturated rings. The first-order valence-electron chi connectivity index (χ1n) is 30.8. The van der Waals surface area contributed by atoms with Gasteiger partial charge < -0.3 is 14.2 Å². The van der Waals surface area contributed by atoms with E-state index in [1.54, 1.807) is 0 Å². The highest BCUT2D eigenvalue weighted by Crippen LogP contribution is 2.41. The fraction of sp³-hybridized carbons (Fsp3) is 0.594. The van der Waals surface area contributed by atoms with E-state index in [4.69, 9.17) is 14.2 Å². The Labute approximate surface area is 459 Å². The van der Waals surface area contributed by atoms with E-state index in [1.165, 1.54) is 140 Å². The number of ether oxygens (including phenoxy) is 3. The van der Waals surface area contributed by atoms with Gasteiger partial charge in [-0.3, -0.25) is 19.2 Å². The third kappa shape index (κ3) is 23.3. The largest absolute Gasteiger partial charge is 0.462 e. The van der Waals surface area contributed by atoms with Crippen LogP contribution in [0.4, 0.5) is 0 Å². The van der Waals surface area contributed by atoms with Crippen LogP contribution in [0.25, 0.3) is 43.1 Å². The van der Waals surface area contributed by atoms with Crippen LogP contribution in [0.2, 0.25) is 0 Å². The normalized spacial score (nSPS) is 12.3. The van der Waals surface area contributed by atoms with Crippen molar-refractivity contribution in [1.29, 1.82) is 0 Å². The topological polar surface area (TPSA) is 96.0 Å². The van der Waals surface area contributed by atoms with Gasteiger partial charge in [-0.25, -0.2) is 0 Å². The van der Waals surface area contributed by atoms with Crippen LogP contribution in [-0.2, 0) is 28.6 Å². The van der Waals surface area contributed by atoms with Crippen LogP contribution >= 0.6 is 0 Å². The second-order valence-electron chi connectivity index (χ2n) is 21.8. The van der Waals surface area contributed by atoms with Crippen molar-refractivity contribution in [1.82, 2.24) is 0 Å². The number of esters is 3. The van der Waals surface area contributed by atoms with Gasteiger partial charge >= 0.3 is 17.9 Å². The molecule has 1 atom stereocenters. The highest BCUT2D eigenvalue weighted by molar-refractivity contribution is 6.34. The molecule has 0 aliphatic carbocycles. The monoisotopic (exact) mass is 1040 g/mol. The number of carbonyl (C=O) groups is 4. The zero-order valence-corrected chi connectivity index (χ0v) is 47.5. The van der Waals surface area contributed by atoms with E-state index < -0.39 is 6.10 Å². The van der Waals surface area contributed by atoms with Crippen molar-refractivity contribution in [2.75, 3.05) is 13.2 Å². The molecule has 5 aromatic rings. The average molecular weight is 1040 g/mol. The van der Waals surface area contributed by atoms with Crippen molar-refractivity contribution in [3.8, 4) is 0 Å². The van der Waals surface area contributed by atoms with Gasteiger partial charge in [0.25, 0.3) is 0 Å². The Kier molecular flexibility index (Phi) is 31.3. The molecule has 0 N–H and O–H groups in total. The second kappa shape index (κ2) is 38.5. The highest BCUT2D eigenvalue weighted by Gasteiger charge is 2.20. The first kappa shape index (κ1) is 61.8. The smallest absolute Gasteiger partial charge is 0.306 e. The Morgan fingerprint density at radius 3 is 1.18 bits per heavy atom. The molecule has 0 aromatic heterocycles. The van der Waals surface area contributed by atoms with E-state index in [0.717, 1.165) is 107 Å². The van der Waals surface area contributed by atoms with Crippen LogP contribution in [-0.4, -0.2) is 43.0 Å². The van der Waals surface area contributed by atoms with Crippen molar-refractivity contribution < 1.29 is 33.4 Å². The van der Waals surface area contributed by atoms with Gasteiger partial charge in [0.05, 0.1) is 0 Å². The molecule has 0 aliphatic rings. The van der Waals surface area contributed by atoms with Crippen LogP contribution in [0, 0.1) is 0 Å². The molecule has 0 spiro atoms. The summed E-state index contributed by atoms with van der Waals surface area (Å²) in [6.07, 6.45) is 46.1. The van der Waals surface area contributed by atoms with Crippen LogP contribution in [0.5, 0.6) is 0 Å². The van der Waals surface area contributed by atoms with Gasteiger partial charge in [-0.2, -0.15) is 0 Å². The SMILES string of the molecule is CCCCCCCCC=CCCCCCCCC(=O)OCC(COC(=O)CCCCCCCCC(=O)c1ccc2c3cccc4cccc(c5cccc1c52)c43)OC(=O)CCCCCCCC=CCCCCCCCC. The number of rotatable bonds is 45. The van der Waals surface area contributed by atoms with Crippen molar-refractivity contribution >= 4 is 66.8 Å². The molecule has 0 saturated heterocycles. The molecule has 416 valence electrons. The van der Waals surface area contributed by atoms with E-state index in [2.05, 4.69) is 98.8 Å². The maximum absolute atomic E-state index is 13.7. The Bertz CT molecular complexity index is 2410. The van der Waals surface area contributed by atoms with Gasteiger partial charge in [0.1, 0.15) is 13.2 Å². The highest BCUT2D eigenvalue weighted by atomic mass is 16.6. The van der Waals surface area contributed by atoms with Crippen molar-refractivity contribution in [3.63, 3.8) is 0 Å². The lowest BCUT2D eigenvalue weighted by Gasteiger charge is -2.18. The first-order chi connectivity index (χ1) is 37.4. The summed E-state index contributed by atoms with van der Waals surface area (Å²) in [5, 5.41) is 9.55. The number of fused-ring (bicyclic) bond motifs is 2. The van der Waals surface area contributed by atoms with E-state index in [0.29, 0.717) is 19.3 Å². The zero-order valence-electron chi connectivity index (χ0n) is 47.5. The van der Waals surface area contributed by atoms with Gasteiger partial charge in [0.15, 0.2) is 11.9 Å². The first-order valence-corrected chi connectivity index (χ1v) is 30.8. The number of unbranched alkanes of at least 4 members (excludes halogenated alkanes) is 27. The molecular weight excluding hydrogens is 941 g/mol. The zero-order chi connectivity index (χ0) is 53.7. The van der Waals surface area contributed by atoms with Crippen molar-refractivity contribution in [2.45, 2.75) is 251 Å². The van der Waals surface area contributed by atoms with Crippen molar-refractivity contribution in [3.05, 3.63) is 96.6 Å². The third-order valence-electron chi connectivity index (χ3n) is 15.3. The molecule has 0 bridgehead atoms.